The number of urea groups is 1. The molecule has 0 aliphatic carbocycles. The van der Waals surface area contributed by atoms with Crippen LogP contribution in [0.4, 0.5) is 14.9 Å². The zero-order chi connectivity index (χ0) is 22.9. The fourth-order valence-electron chi connectivity index (χ4n) is 3.63. The van der Waals surface area contributed by atoms with Crippen LogP contribution >= 0.6 is 0 Å². The van der Waals surface area contributed by atoms with E-state index < -0.39 is 5.82 Å². The monoisotopic (exact) mass is 437 g/mol. The molecular formula is C25H28FN3O3. The number of anilines is 1. The molecule has 0 unspecified atom stereocenters. The summed E-state index contributed by atoms with van der Waals surface area (Å²) >= 11 is 0. The van der Waals surface area contributed by atoms with E-state index >= 15 is 0 Å². The Balaban J connectivity index is 1.59. The Hall–Kier alpha value is -3.37. The van der Waals surface area contributed by atoms with Gasteiger partial charge in [-0.05, 0) is 49.1 Å². The van der Waals surface area contributed by atoms with Crippen LogP contribution in [0.25, 0.3) is 0 Å². The van der Waals surface area contributed by atoms with Crippen LogP contribution in [0.2, 0.25) is 0 Å². The molecule has 7 heteroatoms. The lowest BCUT2D eigenvalue weighted by Gasteiger charge is -2.26. The Morgan fingerprint density at radius 2 is 2.09 bits per heavy atom. The van der Waals surface area contributed by atoms with Gasteiger partial charge in [-0.2, -0.15) is 0 Å². The summed E-state index contributed by atoms with van der Waals surface area (Å²) in [6, 6.07) is 12.8. The molecule has 2 aromatic rings. The average Bonchev–Trinajstić information content (AvgIpc) is 3.28. The lowest BCUT2D eigenvalue weighted by molar-refractivity contribution is -0.115. The van der Waals surface area contributed by atoms with E-state index in [9.17, 15) is 14.0 Å². The molecule has 1 fully saturated rings. The molecule has 6 nitrogen and oxygen atoms in total. The standard InChI is InChI=1S/C25H28FN3O3/c1-3-13-29(17-22-11-7-14-32-22)25(31)27-18(2)19-9-6-10-21(15-19)28-24(30)16-20-8-4-5-12-23(20)26/h1,4-6,8-10,12,15,18,22H,7,11,13-14,16-17H2,2H3,(H,27,31)(H,28,30)/t18-,22-/m0/s1. The van der Waals surface area contributed by atoms with Crippen molar-refractivity contribution in [1.82, 2.24) is 10.2 Å². The molecule has 3 rings (SSSR count). The summed E-state index contributed by atoms with van der Waals surface area (Å²) in [4.78, 5) is 26.7. The maximum atomic E-state index is 13.8. The molecule has 2 atom stereocenters. The van der Waals surface area contributed by atoms with Crippen molar-refractivity contribution in [3.63, 3.8) is 0 Å². The summed E-state index contributed by atoms with van der Waals surface area (Å²) < 4.78 is 19.4. The number of hydrogen-bond donors (Lipinski definition) is 2. The van der Waals surface area contributed by atoms with E-state index in [0.29, 0.717) is 24.4 Å². The van der Waals surface area contributed by atoms with Crippen LogP contribution in [0.1, 0.15) is 36.9 Å². The highest BCUT2D eigenvalue weighted by Crippen LogP contribution is 2.19. The highest BCUT2D eigenvalue weighted by atomic mass is 19.1. The topological polar surface area (TPSA) is 70.7 Å². The number of benzene rings is 2. The van der Waals surface area contributed by atoms with E-state index in [0.717, 1.165) is 18.4 Å². The third-order valence-electron chi connectivity index (χ3n) is 5.34. The second-order valence-corrected chi connectivity index (χ2v) is 7.83. The van der Waals surface area contributed by atoms with Gasteiger partial charge in [-0.1, -0.05) is 36.3 Å². The second-order valence-electron chi connectivity index (χ2n) is 7.83. The summed E-state index contributed by atoms with van der Waals surface area (Å²) in [5.41, 5.74) is 1.73. The minimum atomic E-state index is -0.410. The number of nitrogens with one attached hydrogen (secondary N) is 2. The van der Waals surface area contributed by atoms with Gasteiger partial charge in [0.25, 0.3) is 0 Å². The third-order valence-corrected chi connectivity index (χ3v) is 5.34. The van der Waals surface area contributed by atoms with Crippen LogP contribution in [-0.2, 0) is 16.0 Å². The van der Waals surface area contributed by atoms with E-state index in [4.69, 9.17) is 11.2 Å². The summed E-state index contributed by atoms with van der Waals surface area (Å²) in [6.07, 6.45) is 7.29. The summed E-state index contributed by atoms with van der Waals surface area (Å²) in [7, 11) is 0. The average molecular weight is 438 g/mol. The van der Waals surface area contributed by atoms with Crippen molar-refractivity contribution >= 4 is 17.6 Å². The predicted molar refractivity (Wildman–Crippen MR) is 122 cm³/mol. The summed E-state index contributed by atoms with van der Waals surface area (Å²) in [6.45, 7) is 3.22. The number of amides is 3. The van der Waals surface area contributed by atoms with Gasteiger partial charge < -0.3 is 20.3 Å². The molecular weight excluding hydrogens is 409 g/mol. The molecule has 0 bridgehead atoms. The van der Waals surface area contributed by atoms with E-state index in [1.165, 1.54) is 6.07 Å². The quantitative estimate of drug-likeness (QED) is 0.616. The smallest absolute Gasteiger partial charge is 0.318 e. The molecule has 2 aromatic carbocycles. The molecule has 3 amide bonds. The molecule has 1 saturated heterocycles. The highest BCUT2D eigenvalue weighted by molar-refractivity contribution is 5.92. The van der Waals surface area contributed by atoms with Gasteiger partial charge in [0.15, 0.2) is 0 Å². The van der Waals surface area contributed by atoms with E-state index in [1.807, 2.05) is 13.0 Å². The van der Waals surface area contributed by atoms with Crippen molar-refractivity contribution in [2.75, 3.05) is 25.0 Å². The van der Waals surface area contributed by atoms with Crippen molar-refractivity contribution in [3.8, 4) is 12.3 Å². The van der Waals surface area contributed by atoms with Crippen LogP contribution in [0.3, 0.4) is 0 Å². The number of carbonyl (C=O) groups is 2. The van der Waals surface area contributed by atoms with Gasteiger partial charge in [-0.25, -0.2) is 9.18 Å². The number of terminal acetylenes is 1. The summed E-state index contributed by atoms with van der Waals surface area (Å²) in [5.74, 6) is 1.80. The van der Waals surface area contributed by atoms with Crippen LogP contribution < -0.4 is 10.6 Å². The lowest BCUT2D eigenvalue weighted by Crippen LogP contribution is -2.44. The number of hydrogen-bond acceptors (Lipinski definition) is 3. The molecule has 0 aromatic heterocycles. The maximum Gasteiger partial charge on any atom is 0.318 e. The van der Waals surface area contributed by atoms with Gasteiger partial charge in [0.05, 0.1) is 25.1 Å². The van der Waals surface area contributed by atoms with E-state index in [-0.39, 0.29) is 37.0 Å². The number of carbonyl (C=O) groups excluding carboxylic acids is 2. The molecule has 32 heavy (non-hydrogen) atoms. The van der Waals surface area contributed by atoms with E-state index in [1.54, 1.807) is 41.3 Å². The first kappa shape index (κ1) is 23.3. The van der Waals surface area contributed by atoms with Crippen LogP contribution in [0.15, 0.2) is 48.5 Å². The maximum absolute atomic E-state index is 13.8. The van der Waals surface area contributed by atoms with Crippen molar-refractivity contribution in [2.24, 2.45) is 0 Å². The first-order chi connectivity index (χ1) is 15.5. The van der Waals surface area contributed by atoms with Crippen molar-refractivity contribution < 1.29 is 18.7 Å². The second kappa shape index (κ2) is 11.3. The largest absolute Gasteiger partial charge is 0.376 e. The number of ether oxygens (including phenoxy) is 1. The summed E-state index contributed by atoms with van der Waals surface area (Å²) in [5, 5.41) is 5.74. The molecule has 0 spiro atoms. The fraction of sp³-hybridized carbons (Fsp3) is 0.360. The Morgan fingerprint density at radius 1 is 1.28 bits per heavy atom. The first-order valence-corrected chi connectivity index (χ1v) is 10.7. The Labute approximate surface area is 188 Å². The normalized spacial score (nSPS) is 16.1. The minimum Gasteiger partial charge on any atom is -0.376 e. The molecule has 0 radical (unpaired) electrons. The number of nitrogens with zero attached hydrogens (tertiary/aromatic N) is 1. The van der Waals surface area contributed by atoms with Gasteiger partial charge in [-0.3, -0.25) is 4.79 Å². The molecule has 168 valence electrons. The van der Waals surface area contributed by atoms with Gasteiger partial charge >= 0.3 is 6.03 Å². The van der Waals surface area contributed by atoms with Crippen LogP contribution in [-0.4, -0.2) is 42.6 Å². The SMILES string of the molecule is C#CCN(C[C@@H]1CCCO1)C(=O)N[C@@H](C)c1cccc(NC(=O)Cc2ccccc2F)c1. The first-order valence-electron chi connectivity index (χ1n) is 10.7. The zero-order valence-corrected chi connectivity index (χ0v) is 18.1. The Kier molecular flexibility index (Phi) is 8.23. The van der Waals surface area contributed by atoms with Crippen LogP contribution in [0.5, 0.6) is 0 Å². The Bertz CT molecular complexity index is 982. The van der Waals surface area contributed by atoms with Crippen molar-refractivity contribution in [2.45, 2.75) is 38.3 Å². The molecule has 1 heterocycles. The Morgan fingerprint density at radius 3 is 2.81 bits per heavy atom. The molecule has 1 aliphatic heterocycles. The van der Waals surface area contributed by atoms with Crippen molar-refractivity contribution in [1.29, 1.82) is 0 Å². The number of halogens is 1. The fourth-order valence-corrected chi connectivity index (χ4v) is 3.63. The molecule has 0 saturated carbocycles. The van der Waals surface area contributed by atoms with Gasteiger partial charge in [-0.15, -0.1) is 6.42 Å². The molecule has 2 N–H and O–H groups in total. The minimum absolute atomic E-state index is 0.0115. The van der Waals surface area contributed by atoms with Crippen LogP contribution in [0, 0.1) is 18.2 Å². The predicted octanol–water partition coefficient (Wildman–Crippen LogP) is 3.89. The van der Waals surface area contributed by atoms with Gasteiger partial charge in [0, 0.05) is 18.8 Å². The number of rotatable bonds is 8. The van der Waals surface area contributed by atoms with E-state index in [2.05, 4.69) is 16.6 Å². The van der Waals surface area contributed by atoms with Crippen molar-refractivity contribution in [3.05, 3.63) is 65.5 Å². The van der Waals surface area contributed by atoms with Gasteiger partial charge in [0.2, 0.25) is 5.91 Å². The molecule has 1 aliphatic rings. The third kappa shape index (κ3) is 6.56. The zero-order valence-electron chi connectivity index (χ0n) is 18.1. The highest BCUT2D eigenvalue weighted by Gasteiger charge is 2.23. The lowest BCUT2D eigenvalue weighted by atomic mass is 10.1. The van der Waals surface area contributed by atoms with Gasteiger partial charge in [0.1, 0.15) is 5.82 Å².